The normalized spacial score (nSPS) is 9.80. The topological polar surface area (TPSA) is 24.1 Å². The molecule has 0 bridgehead atoms. The molecule has 0 aromatic heterocycles. The molecule has 2 aromatic rings. The van der Waals surface area contributed by atoms with Crippen molar-refractivity contribution in [2.24, 2.45) is 0 Å². The second-order valence-corrected chi connectivity index (χ2v) is 4.89. The number of hydrogen-bond donors (Lipinski definition) is 2. The van der Waals surface area contributed by atoms with Crippen LogP contribution < -0.4 is 10.6 Å². The molecule has 2 nitrogen and oxygen atoms in total. The van der Waals surface area contributed by atoms with Gasteiger partial charge in [-0.05, 0) is 41.9 Å². The third-order valence-electron chi connectivity index (χ3n) is 2.87. The molecule has 0 aliphatic heterocycles. The molecule has 0 fully saturated rings. The third-order valence-corrected chi connectivity index (χ3v) is 3.12. The standard InChI is InChI=1S/C17H18N2S/c1-2-12-18-17(20)19-16-10-8-15(9-11-16)13-14-6-4-3-5-7-14/h2-11H,1,12-13H2,(H2,18,19,20). The van der Waals surface area contributed by atoms with Gasteiger partial charge >= 0.3 is 0 Å². The van der Waals surface area contributed by atoms with Crippen LogP contribution in [0.1, 0.15) is 11.1 Å². The van der Waals surface area contributed by atoms with Crippen molar-refractivity contribution in [3.05, 3.63) is 78.4 Å². The van der Waals surface area contributed by atoms with Crippen LogP contribution in [0.5, 0.6) is 0 Å². The van der Waals surface area contributed by atoms with E-state index in [1.54, 1.807) is 6.08 Å². The van der Waals surface area contributed by atoms with Gasteiger partial charge in [-0.15, -0.1) is 6.58 Å². The Morgan fingerprint density at radius 1 is 1.00 bits per heavy atom. The zero-order valence-electron chi connectivity index (χ0n) is 11.3. The Bertz CT molecular complexity index is 561. The number of thiocarbonyl (C=S) groups is 1. The Morgan fingerprint density at radius 2 is 1.65 bits per heavy atom. The highest BCUT2D eigenvalue weighted by Crippen LogP contribution is 2.13. The van der Waals surface area contributed by atoms with Crippen LogP contribution in [0, 0.1) is 0 Å². The van der Waals surface area contributed by atoms with Crippen molar-refractivity contribution in [2.75, 3.05) is 11.9 Å². The summed E-state index contributed by atoms with van der Waals surface area (Å²) in [6, 6.07) is 18.8. The molecule has 0 atom stereocenters. The van der Waals surface area contributed by atoms with Gasteiger partial charge < -0.3 is 10.6 Å². The molecule has 3 heteroatoms. The molecule has 2 aromatic carbocycles. The van der Waals surface area contributed by atoms with Crippen LogP contribution in [-0.2, 0) is 6.42 Å². The lowest BCUT2D eigenvalue weighted by molar-refractivity contribution is 1.06. The van der Waals surface area contributed by atoms with Crippen molar-refractivity contribution >= 4 is 23.0 Å². The molecule has 0 spiro atoms. The molecular weight excluding hydrogens is 264 g/mol. The van der Waals surface area contributed by atoms with Gasteiger partial charge in [0.25, 0.3) is 0 Å². The van der Waals surface area contributed by atoms with E-state index in [1.807, 2.05) is 18.2 Å². The number of anilines is 1. The lowest BCUT2D eigenvalue weighted by atomic mass is 10.1. The summed E-state index contributed by atoms with van der Waals surface area (Å²) >= 11 is 5.17. The average molecular weight is 282 g/mol. The molecule has 102 valence electrons. The summed E-state index contributed by atoms with van der Waals surface area (Å²) in [6.07, 6.45) is 2.72. The van der Waals surface area contributed by atoms with E-state index in [0.29, 0.717) is 11.7 Å². The third kappa shape index (κ3) is 4.52. The fourth-order valence-corrected chi connectivity index (χ4v) is 2.08. The van der Waals surface area contributed by atoms with Gasteiger partial charge in [-0.2, -0.15) is 0 Å². The molecule has 2 rings (SSSR count). The fourth-order valence-electron chi connectivity index (χ4n) is 1.88. The summed E-state index contributed by atoms with van der Waals surface area (Å²) in [7, 11) is 0. The second-order valence-electron chi connectivity index (χ2n) is 4.48. The summed E-state index contributed by atoms with van der Waals surface area (Å²) in [4.78, 5) is 0. The molecule has 0 unspecified atom stereocenters. The molecule has 0 heterocycles. The first-order chi connectivity index (χ1) is 9.78. The minimum Gasteiger partial charge on any atom is -0.359 e. The Kier molecular flexibility index (Phi) is 5.33. The van der Waals surface area contributed by atoms with Gasteiger partial charge in [0.2, 0.25) is 0 Å². The van der Waals surface area contributed by atoms with Crippen LogP contribution in [0.2, 0.25) is 0 Å². The van der Waals surface area contributed by atoms with Crippen LogP contribution >= 0.6 is 12.2 Å². The van der Waals surface area contributed by atoms with E-state index >= 15 is 0 Å². The minimum atomic E-state index is 0.612. The van der Waals surface area contributed by atoms with E-state index < -0.39 is 0 Å². The first kappa shape index (κ1) is 14.3. The molecular formula is C17H18N2S. The highest BCUT2D eigenvalue weighted by atomic mass is 32.1. The highest BCUT2D eigenvalue weighted by molar-refractivity contribution is 7.80. The predicted octanol–water partition coefficient (Wildman–Crippen LogP) is 3.75. The average Bonchev–Trinajstić information content (AvgIpc) is 2.48. The zero-order chi connectivity index (χ0) is 14.2. The van der Waals surface area contributed by atoms with E-state index in [0.717, 1.165) is 12.1 Å². The van der Waals surface area contributed by atoms with Crippen molar-refractivity contribution in [3.8, 4) is 0 Å². The highest BCUT2D eigenvalue weighted by Gasteiger charge is 1.98. The molecule has 0 amide bonds. The van der Waals surface area contributed by atoms with Gasteiger partial charge in [0.15, 0.2) is 5.11 Å². The van der Waals surface area contributed by atoms with E-state index in [2.05, 4.69) is 53.6 Å². The van der Waals surface area contributed by atoms with E-state index in [1.165, 1.54) is 11.1 Å². The quantitative estimate of drug-likeness (QED) is 0.645. The maximum Gasteiger partial charge on any atom is 0.171 e. The Morgan fingerprint density at radius 3 is 2.30 bits per heavy atom. The molecule has 0 aliphatic carbocycles. The lowest BCUT2D eigenvalue weighted by Crippen LogP contribution is -2.28. The first-order valence-electron chi connectivity index (χ1n) is 6.56. The summed E-state index contributed by atoms with van der Waals surface area (Å²) in [5.74, 6) is 0. The number of nitrogens with one attached hydrogen (secondary N) is 2. The van der Waals surface area contributed by atoms with Crippen molar-refractivity contribution in [1.29, 1.82) is 0 Å². The molecule has 0 radical (unpaired) electrons. The first-order valence-corrected chi connectivity index (χ1v) is 6.97. The Balaban J connectivity index is 1.93. The fraction of sp³-hybridized carbons (Fsp3) is 0.118. The largest absolute Gasteiger partial charge is 0.359 e. The summed E-state index contributed by atoms with van der Waals surface area (Å²) in [6.45, 7) is 4.31. The maximum absolute atomic E-state index is 5.17. The lowest BCUT2D eigenvalue weighted by Gasteiger charge is -2.09. The van der Waals surface area contributed by atoms with Crippen molar-refractivity contribution in [3.63, 3.8) is 0 Å². The van der Waals surface area contributed by atoms with E-state index in [4.69, 9.17) is 12.2 Å². The number of rotatable bonds is 5. The van der Waals surface area contributed by atoms with Crippen LogP contribution in [-0.4, -0.2) is 11.7 Å². The summed E-state index contributed by atoms with van der Waals surface area (Å²) in [5.41, 5.74) is 3.59. The van der Waals surface area contributed by atoms with Gasteiger partial charge in [0, 0.05) is 12.2 Å². The van der Waals surface area contributed by atoms with Crippen LogP contribution in [0.3, 0.4) is 0 Å². The molecule has 0 aliphatic rings. The Hall–Kier alpha value is -2.13. The van der Waals surface area contributed by atoms with Crippen LogP contribution in [0.15, 0.2) is 67.3 Å². The van der Waals surface area contributed by atoms with Crippen molar-refractivity contribution in [2.45, 2.75) is 6.42 Å². The van der Waals surface area contributed by atoms with E-state index in [9.17, 15) is 0 Å². The van der Waals surface area contributed by atoms with Gasteiger partial charge in [-0.1, -0.05) is 48.5 Å². The van der Waals surface area contributed by atoms with Gasteiger partial charge in [-0.3, -0.25) is 0 Å². The predicted molar refractivity (Wildman–Crippen MR) is 90.1 cm³/mol. The van der Waals surface area contributed by atoms with E-state index in [-0.39, 0.29) is 0 Å². The molecule has 0 saturated carbocycles. The van der Waals surface area contributed by atoms with Gasteiger partial charge in [0.05, 0.1) is 0 Å². The minimum absolute atomic E-state index is 0.612. The zero-order valence-corrected chi connectivity index (χ0v) is 12.1. The van der Waals surface area contributed by atoms with Crippen molar-refractivity contribution < 1.29 is 0 Å². The monoisotopic (exact) mass is 282 g/mol. The van der Waals surface area contributed by atoms with Gasteiger partial charge in [0.1, 0.15) is 0 Å². The molecule has 2 N–H and O–H groups in total. The number of hydrogen-bond acceptors (Lipinski definition) is 1. The van der Waals surface area contributed by atoms with Gasteiger partial charge in [-0.25, -0.2) is 0 Å². The SMILES string of the molecule is C=CCNC(=S)Nc1ccc(Cc2ccccc2)cc1. The number of benzene rings is 2. The van der Waals surface area contributed by atoms with Crippen molar-refractivity contribution in [1.82, 2.24) is 5.32 Å². The maximum atomic E-state index is 5.17. The summed E-state index contributed by atoms with van der Waals surface area (Å²) < 4.78 is 0. The van der Waals surface area contributed by atoms with Crippen LogP contribution in [0.25, 0.3) is 0 Å². The second kappa shape index (κ2) is 7.46. The summed E-state index contributed by atoms with van der Waals surface area (Å²) in [5, 5.41) is 6.79. The molecule has 20 heavy (non-hydrogen) atoms. The smallest absolute Gasteiger partial charge is 0.171 e. The molecule has 0 saturated heterocycles. The van der Waals surface area contributed by atoms with Crippen LogP contribution in [0.4, 0.5) is 5.69 Å². The Labute approximate surface area is 125 Å².